The average Bonchev–Trinajstić information content (AvgIpc) is 3.05. The number of fused-ring (bicyclic) bond motifs is 3. The Bertz CT molecular complexity index is 734. The summed E-state index contributed by atoms with van der Waals surface area (Å²) in [6, 6.07) is 10.1. The summed E-state index contributed by atoms with van der Waals surface area (Å²) in [6.45, 7) is 2.08. The molecule has 2 aliphatic rings. The highest BCUT2D eigenvalue weighted by Gasteiger charge is 2.50. The topological polar surface area (TPSA) is 67.5 Å². The zero-order chi connectivity index (χ0) is 13.7. The molecule has 0 unspecified atom stereocenters. The van der Waals surface area contributed by atoms with Crippen LogP contribution in [0, 0.1) is 0 Å². The van der Waals surface area contributed by atoms with Gasteiger partial charge < -0.3 is 0 Å². The first-order chi connectivity index (χ1) is 9.70. The second-order valence-electron chi connectivity index (χ2n) is 5.03. The van der Waals surface area contributed by atoms with Gasteiger partial charge in [-0.25, -0.2) is 4.68 Å². The minimum absolute atomic E-state index is 0.114. The van der Waals surface area contributed by atoms with E-state index < -0.39 is 5.54 Å². The average molecular weight is 287 g/mol. The molecule has 1 aromatic carbocycles. The molecule has 0 spiro atoms. The summed E-state index contributed by atoms with van der Waals surface area (Å²) < 4.78 is 1.61. The van der Waals surface area contributed by atoms with Crippen LogP contribution in [0.4, 0.5) is 0 Å². The number of hydrogen-bond acceptors (Lipinski definition) is 5. The van der Waals surface area contributed by atoms with Crippen LogP contribution < -0.4 is 5.43 Å². The van der Waals surface area contributed by atoms with Crippen LogP contribution in [0.1, 0.15) is 24.2 Å². The van der Waals surface area contributed by atoms with Crippen LogP contribution in [-0.4, -0.2) is 25.8 Å². The fourth-order valence-electron chi connectivity index (χ4n) is 2.79. The summed E-state index contributed by atoms with van der Waals surface area (Å²) in [5, 5.41) is 17.1. The monoisotopic (exact) mass is 286 g/mol. The van der Waals surface area contributed by atoms with E-state index in [1.807, 2.05) is 18.2 Å². The standard InChI is InChI=1S/C13H11ClN6/c1-13(8-5-3-2-4-6-8)9-10(16-19-13)11(14)18-20-7-15-17-12(9)20/h2-7,9,19H,1H3/t9-,13-/m1/s1. The van der Waals surface area contributed by atoms with Gasteiger partial charge in [-0.05, 0) is 12.5 Å². The molecular weight excluding hydrogens is 276 g/mol. The number of halogens is 1. The van der Waals surface area contributed by atoms with E-state index in [-0.39, 0.29) is 5.92 Å². The summed E-state index contributed by atoms with van der Waals surface area (Å²) in [6.07, 6.45) is 1.55. The number of aromatic nitrogens is 3. The smallest absolute Gasteiger partial charge is 0.174 e. The third-order valence-electron chi connectivity index (χ3n) is 3.85. The van der Waals surface area contributed by atoms with E-state index in [1.165, 1.54) is 0 Å². The zero-order valence-corrected chi connectivity index (χ0v) is 11.4. The molecule has 0 bridgehead atoms. The lowest BCUT2D eigenvalue weighted by molar-refractivity contribution is 0.370. The summed E-state index contributed by atoms with van der Waals surface area (Å²) in [5.74, 6) is 0.627. The molecule has 1 aromatic heterocycles. The first kappa shape index (κ1) is 11.6. The molecule has 0 fully saturated rings. The quantitative estimate of drug-likeness (QED) is 0.867. The first-order valence-electron chi connectivity index (χ1n) is 6.25. The van der Waals surface area contributed by atoms with Crippen molar-refractivity contribution in [2.75, 3.05) is 0 Å². The zero-order valence-electron chi connectivity index (χ0n) is 10.7. The molecule has 2 aliphatic heterocycles. The van der Waals surface area contributed by atoms with Crippen LogP contribution in [0.2, 0.25) is 0 Å². The molecule has 6 nitrogen and oxygen atoms in total. The molecule has 0 radical (unpaired) electrons. The fourth-order valence-corrected chi connectivity index (χ4v) is 3.02. The number of hydrogen-bond donors (Lipinski definition) is 1. The number of hydrazone groups is 1. The molecule has 100 valence electrons. The Kier molecular flexibility index (Phi) is 2.26. The molecule has 0 saturated heterocycles. The van der Waals surface area contributed by atoms with Crippen molar-refractivity contribution in [1.29, 1.82) is 0 Å². The minimum atomic E-state index is -0.419. The van der Waals surface area contributed by atoms with Crippen molar-refractivity contribution < 1.29 is 0 Å². The van der Waals surface area contributed by atoms with Crippen molar-refractivity contribution in [3.63, 3.8) is 0 Å². The van der Waals surface area contributed by atoms with Gasteiger partial charge in [-0.3, -0.25) is 5.43 Å². The molecule has 0 amide bonds. The van der Waals surface area contributed by atoms with Gasteiger partial charge in [-0.2, -0.15) is 10.2 Å². The summed E-state index contributed by atoms with van der Waals surface area (Å²) in [4.78, 5) is 0. The van der Waals surface area contributed by atoms with E-state index >= 15 is 0 Å². The molecule has 0 saturated carbocycles. The van der Waals surface area contributed by atoms with Crippen LogP contribution in [0.25, 0.3) is 0 Å². The van der Waals surface area contributed by atoms with Gasteiger partial charge >= 0.3 is 0 Å². The Hall–Kier alpha value is -2.21. The van der Waals surface area contributed by atoms with E-state index in [1.54, 1.807) is 11.0 Å². The van der Waals surface area contributed by atoms with E-state index in [0.29, 0.717) is 10.9 Å². The van der Waals surface area contributed by atoms with Crippen molar-refractivity contribution in [2.24, 2.45) is 10.2 Å². The van der Waals surface area contributed by atoms with E-state index in [9.17, 15) is 0 Å². The molecule has 4 rings (SSSR count). The van der Waals surface area contributed by atoms with Gasteiger partial charge in [-0.15, -0.1) is 10.2 Å². The Morgan fingerprint density at radius 3 is 2.90 bits per heavy atom. The van der Waals surface area contributed by atoms with Crippen LogP contribution >= 0.6 is 11.6 Å². The number of rotatable bonds is 1. The highest BCUT2D eigenvalue weighted by atomic mass is 35.5. The van der Waals surface area contributed by atoms with Crippen molar-refractivity contribution in [2.45, 2.75) is 18.4 Å². The van der Waals surface area contributed by atoms with E-state index in [2.05, 4.69) is 44.9 Å². The van der Waals surface area contributed by atoms with Gasteiger partial charge in [-0.1, -0.05) is 41.9 Å². The van der Waals surface area contributed by atoms with Crippen molar-refractivity contribution >= 4 is 22.5 Å². The van der Waals surface area contributed by atoms with Gasteiger partial charge in [0.2, 0.25) is 0 Å². The molecular formula is C13H11ClN6. The largest absolute Gasteiger partial charge is 0.298 e. The number of nitrogens with zero attached hydrogens (tertiary/aromatic N) is 5. The molecule has 0 aliphatic carbocycles. The van der Waals surface area contributed by atoms with Gasteiger partial charge in [0.05, 0.1) is 11.5 Å². The van der Waals surface area contributed by atoms with Gasteiger partial charge in [0.1, 0.15) is 12.0 Å². The van der Waals surface area contributed by atoms with Crippen molar-refractivity contribution in [3.05, 3.63) is 48.0 Å². The maximum absolute atomic E-state index is 6.22. The van der Waals surface area contributed by atoms with Gasteiger partial charge in [0, 0.05) is 0 Å². The predicted octanol–water partition coefficient (Wildman–Crippen LogP) is 1.65. The predicted molar refractivity (Wildman–Crippen MR) is 75.8 cm³/mol. The Labute approximate surface area is 120 Å². The lowest BCUT2D eigenvalue weighted by Crippen LogP contribution is -2.42. The summed E-state index contributed by atoms with van der Waals surface area (Å²) in [5.41, 5.74) is 4.60. The highest BCUT2D eigenvalue weighted by Crippen LogP contribution is 2.42. The van der Waals surface area contributed by atoms with Gasteiger partial charge in [0.25, 0.3) is 0 Å². The second-order valence-corrected chi connectivity index (χ2v) is 5.39. The molecule has 20 heavy (non-hydrogen) atoms. The number of nitrogens with one attached hydrogen (secondary N) is 1. The molecule has 7 heteroatoms. The SMILES string of the molecule is C[C@]1(c2ccccc2)NN=C2C(Cl)=Nn3cnnc3[C@@H]21. The van der Waals surface area contributed by atoms with E-state index in [0.717, 1.165) is 11.4 Å². The molecule has 3 heterocycles. The Balaban J connectivity index is 1.91. The van der Waals surface area contributed by atoms with Crippen LogP contribution in [0.15, 0.2) is 46.9 Å². The van der Waals surface area contributed by atoms with Crippen molar-refractivity contribution in [1.82, 2.24) is 20.3 Å². The molecule has 2 aromatic rings. The third kappa shape index (κ3) is 1.39. The maximum Gasteiger partial charge on any atom is 0.174 e. The minimum Gasteiger partial charge on any atom is -0.298 e. The summed E-state index contributed by atoms with van der Waals surface area (Å²) in [7, 11) is 0. The number of benzene rings is 1. The second kappa shape index (κ2) is 3.89. The van der Waals surface area contributed by atoms with Crippen LogP contribution in [-0.2, 0) is 5.54 Å². The Morgan fingerprint density at radius 1 is 1.30 bits per heavy atom. The summed E-state index contributed by atoms with van der Waals surface area (Å²) >= 11 is 6.22. The van der Waals surface area contributed by atoms with Crippen LogP contribution in [0.3, 0.4) is 0 Å². The van der Waals surface area contributed by atoms with Gasteiger partial charge in [0.15, 0.2) is 11.0 Å². The van der Waals surface area contributed by atoms with Crippen LogP contribution in [0.5, 0.6) is 0 Å². The normalized spacial score (nSPS) is 27.2. The lowest BCUT2D eigenvalue weighted by atomic mass is 9.78. The molecule has 1 N–H and O–H groups in total. The fraction of sp³-hybridized carbons (Fsp3) is 0.231. The Morgan fingerprint density at radius 2 is 2.10 bits per heavy atom. The van der Waals surface area contributed by atoms with E-state index in [4.69, 9.17) is 11.6 Å². The lowest BCUT2D eigenvalue weighted by Gasteiger charge is -2.32. The first-order valence-corrected chi connectivity index (χ1v) is 6.63. The molecule has 2 atom stereocenters. The van der Waals surface area contributed by atoms with Crippen molar-refractivity contribution in [3.8, 4) is 0 Å². The highest BCUT2D eigenvalue weighted by molar-refractivity contribution is 6.84. The maximum atomic E-state index is 6.22. The third-order valence-corrected chi connectivity index (χ3v) is 4.12.